The molecule has 7 heteroatoms. The lowest BCUT2D eigenvalue weighted by atomic mass is 10.0. The zero-order chi connectivity index (χ0) is 14.8. The first-order chi connectivity index (χ1) is 9.38. The molecular weight excluding hydrogens is 293 g/mol. The predicted molar refractivity (Wildman–Crippen MR) is 69.4 cm³/mol. The summed E-state index contributed by atoms with van der Waals surface area (Å²) in [4.78, 5) is 11.9. The fraction of sp³-hybridized carbons (Fsp3) is 0.462. The summed E-state index contributed by atoms with van der Waals surface area (Å²) in [6.45, 7) is 1.06. The van der Waals surface area contributed by atoms with Crippen LogP contribution in [0.2, 0.25) is 5.02 Å². The van der Waals surface area contributed by atoms with Gasteiger partial charge in [0.25, 0.3) is 0 Å². The topological polar surface area (TPSA) is 41.1 Å². The number of alkyl halides is 3. The molecule has 0 spiro atoms. The van der Waals surface area contributed by atoms with Crippen LogP contribution in [0.4, 0.5) is 13.2 Å². The van der Waals surface area contributed by atoms with E-state index in [0.717, 1.165) is 0 Å². The van der Waals surface area contributed by atoms with Crippen molar-refractivity contribution in [3.8, 4) is 0 Å². The zero-order valence-corrected chi connectivity index (χ0v) is 11.3. The molecule has 1 aromatic rings. The highest BCUT2D eigenvalue weighted by atomic mass is 35.5. The predicted octanol–water partition coefficient (Wildman–Crippen LogP) is 2.67. The maximum absolute atomic E-state index is 13.1. The van der Waals surface area contributed by atoms with Gasteiger partial charge in [-0.05, 0) is 30.7 Å². The van der Waals surface area contributed by atoms with Crippen LogP contribution < -0.4 is 10.6 Å². The number of rotatable bonds is 3. The van der Waals surface area contributed by atoms with Crippen LogP contribution >= 0.6 is 11.6 Å². The summed E-state index contributed by atoms with van der Waals surface area (Å²) < 4.78 is 39.3. The molecule has 110 valence electrons. The van der Waals surface area contributed by atoms with E-state index in [0.29, 0.717) is 24.5 Å². The van der Waals surface area contributed by atoms with Crippen LogP contribution in [-0.2, 0) is 4.79 Å². The summed E-state index contributed by atoms with van der Waals surface area (Å²) in [6.07, 6.45) is -3.99. The number of carbonyl (C=O) groups is 1. The average molecular weight is 307 g/mol. The summed E-state index contributed by atoms with van der Waals surface area (Å²) in [5.41, 5.74) is -0.0267. The number of hydrogen-bond acceptors (Lipinski definition) is 2. The van der Waals surface area contributed by atoms with Crippen molar-refractivity contribution >= 4 is 17.5 Å². The molecule has 3 nitrogen and oxygen atoms in total. The maximum atomic E-state index is 13.1. The Labute approximate surface area is 119 Å². The summed E-state index contributed by atoms with van der Waals surface area (Å²) in [5.74, 6) is -0.987. The lowest BCUT2D eigenvalue weighted by Crippen LogP contribution is -2.41. The molecule has 20 heavy (non-hydrogen) atoms. The highest BCUT2D eigenvalue weighted by Gasteiger charge is 2.42. The molecule has 1 aliphatic heterocycles. The highest BCUT2D eigenvalue weighted by molar-refractivity contribution is 6.30. The zero-order valence-electron chi connectivity index (χ0n) is 10.5. The monoisotopic (exact) mass is 306 g/mol. The van der Waals surface area contributed by atoms with Crippen LogP contribution in [0.3, 0.4) is 0 Å². The van der Waals surface area contributed by atoms with Gasteiger partial charge in [-0.3, -0.25) is 4.79 Å². The molecule has 0 aromatic heterocycles. The van der Waals surface area contributed by atoms with E-state index in [2.05, 4.69) is 10.6 Å². The van der Waals surface area contributed by atoms with Crippen molar-refractivity contribution in [2.45, 2.75) is 18.6 Å². The molecule has 1 heterocycles. The van der Waals surface area contributed by atoms with E-state index in [4.69, 9.17) is 11.6 Å². The molecule has 0 bridgehead atoms. The fourth-order valence-corrected chi connectivity index (χ4v) is 2.27. The van der Waals surface area contributed by atoms with Crippen molar-refractivity contribution in [3.05, 3.63) is 34.9 Å². The van der Waals surface area contributed by atoms with Gasteiger partial charge in [0, 0.05) is 11.6 Å². The van der Waals surface area contributed by atoms with Crippen molar-refractivity contribution in [3.63, 3.8) is 0 Å². The van der Waals surface area contributed by atoms with Gasteiger partial charge in [0.2, 0.25) is 5.91 Å². The second kappa shape index (κ2) is 6.01. The van der Waals surface area contributed by atoms with E-state index in [1.54, 1.807) is 0 Å². The molecule has 1 aliphatic rings. The Balaban J connectivity index is 2.15. The number of nitrogens with one attached hydrogen (secondary N) is 2. The van der Waals surface area contributed by atoms with Gasteiger partial charge in [-0.15, -0.1) is 0 Å². The molecule has 2 N–H and O–H groups in total. The van der Waals surface area contributed by atoms with E-state index < -0.39 is 24.0 Å². The van der Waals surface area contributed by atoms with Crippen LogP contribution in [0.5, 0.6) is 0 Å². The van der Waals surface area contributed by atoms with Gasteiger partial charge < -0.3 is 10.6 Å². The Hall–Kier alpha value is -1.27. The number of amides is 1. The minimum absolute atomic E-state index is 0.0267. The lowest BCUT2D eigenvalue weighted by molar-refractivity contribution is -0.164. The average Bonchev–Trinajstić information content (AvgIpc) is 2.89. The van der Waals surface area contributed by atoms with Crippen molar-refractivity contribution in [1.82, 2.24) is 10.6 Å². The minimum atomic E-state index is -4.55. The SMILES string of the molecule is O=C(N[C@@H](c1ccc(Cl)cc1)C(F)(F)F)[C@@H]1CCNC1. The summed E-state index contributed by atoms with van der Waals surface area (Å²) in [6, 6.07) is 3.28. The van der Waals surface area contributed by atoms with Crippen molar-refractivity contribution < 1.29 is 18.0 Å². The fourth-order valence-electron chi connectivity index (χ4n) is 2.15. The van der Waals surface area contributed by atoms with Crippen LogP contribution in [0.25, 0.3) is 0 Å². The first-order valence-corrected chi connectivity index (χ1v) is 6.59. The number of carbonyl (C=O) groups excluding carboxylic acids is 1. The van der Waals surface area contributed by atoms with Gasteiger partial charge in [0.15, 0.2) is 6.04 Å². The van der Waals surface area contributed by atoms with Gasteiger partial charge in [-0.1, -0.05) is 23.7 Å². The number of hydrogen-bond donors (Lipinski definition) is 2. The third-order valence-corrected chi connectivity index (χ3v) is 3.50. The normalized spacial score (nSPS) is 20.7. The molecule has 0 aliphatic carbocycles. The highest BCUT2D eigenvalue weighted by Crippen LogP contribution is 2.33. The smallest absolute Gasteiger partial charge is 0.341 e. The van der Waals surface area contributed by atoms with Crippen molar-refractivity contribution in [2.24, 2.45) is 5.92 Å². The Kier molecular flexibility index (Phi) is 4.55. The molecular formula is C13H14ClF3N2O. The van der Waals surface area contributed by atoms with Crippen LogP contribution in [0.15, 0.2) is 24.3 Å². The Bertz CT molecular complexity index is 469. The number of benzene rings is 1. The lowest BCUT2D eigenvalue weighted by Gasteiger charge is -2.23. The first-order valence-electron chi connectivity index (χ1n) is 6.21. The number of halogens is 4. The molecule has 1 aromatic carbocycles. The Morgan fingerprint density at radius 2 is 2.00 bits per heavy atom. The molecule has 2 rings (SSSR count). The summed E-state index contributed by atoms with van der Waals surface area (Å²) >= 11 is 5.66. The molecule has 1 amide bonds. The van der Waals surface area contributed by atoms with Gasteiger partial charge in [-0.25, -0.2) is 0 Å². The van der Waals surface area contributed by atoms with E-state index in [1.807, 2.05) is 0 Å². The standard InChI is InChI=1S/C13H14ClF3N2O/c14-10-3-1-8(2-4-10)11(13(15,16)17)19-12(20)9-5-6-18-7-9/h1-4,9,11,18H,5-7H2,(H,19,20)/t9-,11+/m1/s1. The quantitative estimate of drug-likeness (QED) is 0.901. The third kappa shape index (κ3) is 3.64. The van der Waals surface area contributed by atoms with Crippen LogP contribution in [-0.4, -0.2) is 25.2 Å². The largest absolute Gasteiger partial charge is 0.412 e. The van der Waals surface area contributed by atoms with Crippen LogP contribution in [0.1, 0.15) is 18.0 Å². The first kappa shape index (κ1) is 15.1. The summed E-state index contributed by atoms with van der Waals surface area (Å²) in [5, 5.41) is 5.39. The van der Waals surface area contributed by atoms with Gasteiger partial charge in [0.05, 0.1) is 5.92 Å². The molecule has 1 fully saturated rings. The van der Waals surface area contributed by atoms with Gasteiger partial charge in [-0.2, -0.15) is 13.2 Å². The molecule has 2 atom stereocenters. The third-order valence-electron chi connectivity index (χ3n) is 3.25. The molecule has 1 saturated heterocycles. The molecule has 0 unspecified atom stereocenters. The van der Waals surface area contributed by atoms with E-state index in [1.165, 1.54) is 24.3 Å². The van der Waals surface area contributed by atoms with Crippen LogP contribution in [0, 0.1) is 5.92 Å². The second-order valence-electron chi connectivity index (χ2n) is 4.72. The Morgan fingerprint density at radius 3 is 2.50 bits per heavy atom. The van der Waals surface area contributed by atoms with E-state index >= 15 is 0 Å². The second-order valence-corrected chi connectivity index (χ2v) is 5.16. The van der Waals surface area contributed by atoms with E-state index in [9.17, 15) is 18.0 Å². The Morgan fingerprint density at radius 1 is 1.35 bits per heavy atom. The maximum Gasteiger partial charge on any atom is 0.412 e. The van der Waals surface area contributed by atoms with E-state index in [-0.39, 0.29) is 5.56 Å². The van der Waals surface area contributed by atoms with Crippen molar-refractivity contribution in [2.75, 3.05) is 13.1 Å². The van der Waals surface area contributed by atoms with Gasteiger partial charge >= 0.3 is 6.18 Å². The molecule has 0 radical (unpaired) electrons. The minimum Gasteiger partial charge on any atom is -0.341 e. The molecule has 0 saturated carbocycles. The summed E-state index contributed by atoms with van der Waals surface area (Å²) in [7, 11) is 0. The van der Waals surface area contributed by atoms with Crippen molar-refractivity contribution in [1.29, 1.82) is 0 Å². The van der Waals surface area contributed by atoms with Gasteiger partial charge in [0.1, 0.15) is 0 Å².